The molecule has 0 saturated carbocycles. The molecule has 3 aromatic heterocycles. The van der Waals surface area contributed by atoms with E-state index in [1.54, 1.807) is 35.1 Å². The molecule has 1 saturated heterocycles. The highest BCUT2D eigenvalue weighted by Gasteiger charge is 2.37. The van der Waals surface area contributed by atoms with Crippen LogP contribution in [0.2, 0.25) is 0 Å². The minimum absolute atomic E-state index is 0.00195. The van der Waals surface area contributed by atoms with E-state index in [0.29, 0.717) is 11.1 Å². The molecule has 1 atom stereocenters. The highest BCUT2D eigenvalue weighted by Crippen LogP contribution is 2.33. The van der Waals surface area contributed by atoms with Crippen LogP contribution in [0.4, 0.5) is 23.5 Å². The van der Waals surface area contributed by atoms with Crippen molar-refractivity contribution >= 4 is 17.0 Å². The van der Waals surface area contributed by atoms with Gasteiger partial charge in [-0.05, 0) is 18.2 Å². The molecule has 37 heavy (non-hydrogen) atoms. The number of hydrogen-bond donors (Lipinski definition) is 0. The number of ether oxygens (including phenoxy) is 1. The lowest BCUT2D eigenvalue weighted by Gasteiger charge is -2.32. The quantitative estimate of drug-likeness (QED) is 0.384. The fourth-order valence-corrected chi connectivity index (χ4v) is 4.13. The number of aromatic nitrogens is 6. The van der Waals surface area contributed by atoms with E-state index < -0.39 is 40.5 Å². The largest absolute Gasteiger partial charge is 0.449 e. The minimum Gasteiger partial charge on any atom is -0.370 e. The first-order chi connectivity index (χ1) is 17.6. The number of halogens is 4. The van der Waals surface area contributed by atoms with Crippen LogP contribution in [0.3, 0.4) is 0 Å². The van der Waals surface area contributed by atoms with Crippen LogP contribution in [-0.4, -0.2) is 49.0 Å². The number of nitriles is 1. The van der Waals surface area contributed by atoms with Gasteiger partial charge >= 0.3 is 6.18 Å². The Labute approximate surface area is 206 Å². The molecular weight excluding hydrogens is 496 g/mol. The SMILES string of the molecule is Cn1cc([C@H]2CN(c3nc(-c4ccc(C#N)cc4F)c4nc(C(F)(F)F)n(C)c(=O)c4n3)CCO2)cn1. The predicted molar refractivity (Wildman–Crippen MR) is 122 cm³/mol. The number of aryl methyl sites for hydroxylation is 1. The second-order valence-corrected chi connectivity index (χ2v) is 8.43. The van der Waals surface area contributed by atoms with Gasteiger partial charge in [0.05, 0.1) is 31.0 Å². The van der Waals surface area contributed by atoms with Gasteiger partial charge in [0, 0.05) is 38.0 Å². The van der Waals surface area contributed by atoms with Crippen LogP contribution < -0.4 is 10.5 Å². The Hall–Kier alpha value is -4.38. The second-order valence-electron chi connectivity index (χ2n) is 8.43. The van der Waals surface area contributed by atoms with Crippen LogP contribution in [0, 0.1) is 17.1 Å². The van der Waals surface area contributed by atoms with Gasteiger partial charge < -0.3 is 9.64 Å². The molecule has 0 spiro atoms. The molecule has 0 aliphatic carbocycles. The van der Waals surface area contributed by atoms with Gasteiger partial charge in [0.25, 0.3) is 5.56 Å². The fraction of sp³-hybridized carbons (Fsp3) is 0.304. The normalized spacial score (nSPS) is 16.2. The summed E-state index contributed by atoms with van der Waals surface area (Å²) in [5, 5.41) is 13.2. The molecule has 1 aromatic carbocycles. The van der Waals surface area contributed by atoms with Crippen LogP contribution in [0.5, 0.6) is 0 Å². The van der Waals surface area contributed by atoms with Crippen LogP contribution >= 0.6 is 0 Å². The maximum absolute atomic E-state index is 15.0. The third-order valence-electron chi connectivity index (χ3n) is 5.97. The third-order valence-corrected chi connectivity index (χ3v) is 5.97. The van der Waals surface area contributed by atoms with Gasteiger partial charge in [0.15, 0.2) is 5.52 Å². The van der Waals surface area contributed by atoms with Gasteiger partial charge in [-0.15, -0.1) is 0 Å². The molecule has 0 N–H and O–H groups in total. The zero-order valence-electron chi connectivity index (χ0n) is 19.5. The number of hydrogen-bond acceptors (Lipinski definition) is 8. The molecule has 4 heterocycles. The molecule has 0 radical (unpaired) electrons. The number of anilines is 1. The summed E-state index contributed by atoms with van der Waals surface area (Å²) in [5.41, 5.74) is -1.68. The highest BCUT2D eigenvalue weighted by atomic mass is 19.4. The molecule has 1 fully saturated rings. The summed E-state index contributed by atoms with van der Waals surface area (Å²) in [4.78, 5) is 27.0. The summed E-state index contributed by atoms with van der Waals surface area (Å²) < 4.78 is 63.8. The Morgan fingerprint density at radius 3 is 2.59 bits per heavy atom. The van der Waals surface area contributed by atoms with Gasteiger partial charge in [0.2, 0.25) is 11.8 Å². The zero-order valence-corrected chi connectivity index (χ0v) is 19.5. The van der Waals surface area contributed by atoms with Gasteiger partial charge in [-0.3, -0.25) is 14.0 Å². The van der Waals surface area contributed by atoms with Crippen molar-refractivity contribution in [1.82, 2.24) is 29.3 Å². The first-order valence-electron chi connectivity index (χ1n) is 11.0. The van der Waals surface area contributed by atoms with Crippen molar-refractivity contribution in [2.24, 2.45) is 14.1 Å². The summed E-state index contributed by atoms with van der Waals surface area (Å²) in [6, 6.07) is 5.24. The number of morpholine rings is 1. The molecular formula is C23H18F4N8O2. The van der Waals surface area contributed by atoms with E-state index >= 15 is 4.39 Å². The number of rotatable bonds is 3. The Kier molecular flexibility index (Phi) is 5.87. The third kappa shape index (κ3) is 4.38. The number of fused-ring (bicyclic) bond motifs is 1. The Balaban J connectivity index is 1.72. The Morgan fingerprint density at radius 2 is 1.95 bits per heavy atom. The molecule has 1 aliphatic rings. The van der Waals surface area contributed by atoms with Crippen molar-refractivity contribution in [2.75, 3.05) is 24.6 Å². The van der Waals surface area contributed by atoms with Gasteiger partial charge in [-0.2, -0.15) is 23.5 Å². The topological polar surface area (TPSA) is 115 Å². The van der Waals surface area contributed by atoms with Crippen LogP contribution in [0.1, 0.15) is 23.1 Å². The maximum atomic E-state index is 15.0. The highest BCUT2D eigenvalue weighted by molar-refractivity contribution is 5.90. The van der Waals surface area contributed by atoms with E-state index in [1.165, 1.54) is 12.1 Å². The van der Waals surface area contributed by atoms with E-state index in [-0.39, 0.29) is 35.9 Å². The zero-order chi connectivity index (χ0) is 26.5. The molecule has 1 aliphatic heterocycles. The van der Waals surface area contributed by atoms with E-state index in [4.69, 9.17) is 10.00 Å². The van der Waals surface area contributed by atoms with Crippen molar-refractivity contribution in [1.29, 1.82) is 5.26 Å². The molecule has 0 bridgehead atoms. The van der Waals surface area contributed by atoms with Crippen LogP contribution in [0.25, 0.3) is 22.3 Å². The first kappa shape index (κ1) is 24.3. The van der Waals surface area contributed by atoms with Crippen molar-refractivity contribution in [3.8, 4) is 17.3 Å². The molecule has 0 amide bonds. The van der Waals surface area contributed by atoms with Gasteiger partial charge in [-0.1, -0.05) is 0 Å². The number of nitrogens with zero attached hydrogens (tertiary/aromatic N) is 8. The van der Waals surface area contributed by atoms with Crippen molar-refractivity contribution in [2.45, 2.75) is 12.3 Å². The van der Waals surface area contributed by atoms with E-state index in [2.05, 4.69) is 20.1 Å². The van der Waals surface area contributed by atoms with E-state index in [9.17, 15) is 18.0 Å². The predicted octanol–water partition coefficient (Wildman–Crippen LogP) is 2.73. The smallest absolute Gasteiger partial charge is 0.370 e. The monoisotopic (exact) mass is 514 g/mol. The number of alkyl halides is 3. The molecule has 5 rings (SSSR count). The van der Waals surface area contributed by atoms with Crippen LogP contribution in [-0.2, 0) is 25.0 Å². The van der Waals surface area contributed by atoms with E-state index in [0.717, 1.165) is 18.7 Å². The second kappa shape index (κ2) is 8.93. The molecule has 10 nitrogen and oxygen atoms in total. The van der Waals surface area contributed by atoms with Gasteiger partial charge in [0.1, 0.15) is 23.1 Å². The molecule has 14 heteroatoms. The minimum atomic E-state index is -4.96. The fourth-order valence-electron chi connectivity index (χ4n) is 4.13. The molecule has 4 aromatic rings. The summed E-state index contributed by atoms with van der Waals surface area (Å²) in [6.45, 7) is 0.831. The molecule has 190 valence electrons. The first-order valence-corrected chi connectivity index (χ1v) is 11.0. The van der Waals surface area contributed by atoms with Crippen molar-refractivity contribution in [3.63, 3.8) is 0 Å². The summed E-state index contributed by atoms with van der Waals surface area (Å²) in [6.07, 6.45) is -1.94. The summed E-state index contributed by atoms with van der Waals surface area (Å²) in [7, 11) is 2.70. The van der Waals surface area contributed by atoms with Crippen molar-refractivity contribution < 1.29 is 22.3 Å². The Morgan fingerprint density at radius 1 is 1.16 bits per heavy atom. The van der Waals surface area contributed by atoms with E-state index in [1.807, 2.05) is 0 Å². The average molecular weight is 514 g/mol. The lowest BCUT2D eigenvalue weighted by molar-refractivity contribution is -0.147. The number of benzene rings is 1. The summed E-state index contributed by atoms with van der Waals surface area (Å²) >= 11 is 0. The van der Waals surface area contributed by atoms with Crippen LogP contribution in [0.15, 0.2) is 35.4 Å². The Bertz CT molecular complexity index is 1620. The standard InChI is InChI=1S/C23H18F4N8O2/c1-33-10-13(9-29-33)16-11-35(5-6-37-16)22-31-17(14-4-3-12(8-28)7-15(14)24)18-19(32-22)20(36)34(2)21(30-18)23(25,26)27/h3-4,7,9-10,16H,5-6,11H2,1-2H3/t16-/m1/s1. The maximum Gasteiger partial charge on any atom is 0.449 e. The lowest BCUT2D eigenvalue weighted by atomic mass is 10.1. The van der Waals surface area contributed by atoms with Gasteiger partial charge in [-0.25, -0.2) is 19.3 Å². The lowest BCUT2D eigenvalue weighted by Crippen LogP contribution is -2.39. The average Bonchev–Trinajstić information content (AvgIpc) is 3.31. The van der Waals surface area contributed by atoms with Crippen molar-refractivity contribution in [3.05, 3.63) is 63.7 Å². The summed E-state index contributed by atoms with van der Waals surface area (Å²) in [5.74, 6) is -2.38. The molecule has 0 unspecified atom stereocenters.